The van der Waals surface area contributed by atoms with E-state index in [1.54, 1.807) is 11.3 Å². The van der Waals surface area contributed by atoms with Gasteiger partial charge in [-0.05, 0) is 19.1 Å². The highest BCUT2D eigenvalue weighted by molar-refractivity contribution is 7.15. The number of hydrogen-bond acceptors (Lipinski definition) is 7. The molecule has 1 aromatic carbocycles. The van der Waals surface area contributed by atoms with Crippen LogP contribution in [-0.2, 0) is 0 Å². The van der Waals surface area contributed by atoms with Gasteiger partial charge >= 0.3 is 0 Å². The molecule has 0 amide bonds. The standard InChI is InChI=1S/C14H15N5OS/c1-10-16-17-14(21-10)19-8-6-18(7-9-19)13-15-11-4-2-3-5-12(11)20-13/h2-5H,6-9H2,1H3. The van der Waals surface area contributed by atoms with E-state index >= 15 is 0 Å². The lowest BCUT2D eigenvalue weighted by atomic mass is 10.3. The summed E-state index contributed by atoms with van der Waals surface area (Å²) in [6, 6.07) is 8.58. The number of hydrogen-bond donors (Lipinski definition) is 0. The minimum Gasteiger partial charge on any atom is -0.423 e. The maximum absolute atomic E-state index is 5.82. The van der Waals surface area contributed by atoms with Crippen LogP contribution in [0.4, 0.5) is 11.1 Å². The van der Waals surface area contributed by atoms with Crippen molar-refractivity contribution < 1.29 is 4.42 Å². The Labute approximate surface area is 126 Å². The van der Waals surface area contributed by atoms with Gasteiger partial charge in [-0.25, -0.2) is 0 Å². The molecule has 0 N–H and O–H groups in total. The zero-order chi connectivity index (χ0) is 14.2. The molecule has 0 bridgehead atoms. The van der Waals surface area contributed by atoms with Gasteiger partial charge in [0, 0.05) is 26.2 Å². The van der Waals surface area contributed by atoms with Crippen molar-refractivity contribution in [3.8, 4) is 0 Å². The number of fused-ring (bicyclic) bond motifs is 1. The summed E-state index contributed by atoms with van der Waals surface area (Å²) < 4.78 is 5.82. The van der Waals surface area contributed by atoms with E-state index in [-0.39, 0.29) is 0 Å². The molecular formula is C14H15N5OS. The molecule has 1 fully saturated rings. The Morgan fingerprint density at radius 1 is 1.05 bits per heavy atom. The van der Waals surface area contributed by atoms with Gasteiger partial charge < -0.3 is 14.2 Å². The second kappa shape index (κ2) is 5.00. The number of nitrogens with zero attached hydrogens (tertiary/aromatic N) is 5. The average molecular weight is 301 g/mol. The van der Waals surface area contributed by atoms with E-state index in [4.69, 9.17) is 4.42 Å². The Bertz CT molecular complexity index is 726. The fraction of sp³-hybridized carbons (Fsp3) is 0.357. The SMILES string of the molecule is Cc1nnc(N2CCN(c3nc4ccccc4o3)CC2)s1. The van der Waals surface area contributed by atoms with E-state index in [1.807, 2.05) is 31.2 Å². The lowest BCUT2D eigenvalue weighted by Gasteiger charge is -2.33. The van der Waals surface area contributed by atoms with Gasteiger partial charge in [0.2, 0.25) is 5.13 Å². The Kier molecular flexibility index (Phi) is 2.99. The summed E-state index contributed by atoms with van der Waals surface area (Å²) in [6.45, 7) is 5.56. The minimum absolute atomic E-state index is 0.712. The maximum atomic E-state index is 5.82. The number of rotatable bonds is 2. The van der Waals surface area contributed by atoms with Crippen molar-refractivity contribution in [1.82, 2.24) is 15.2 Å². The van der Waals surface area contributed by atoms with E-state index in [1.165, 1.54) is 0 Å². The summed E-state index contributed by atoms with van der Waals surface area (Å²) in [6.07, 6.45) is 0. The fourth-order valence-corrected chi connectivity index (χ4v) is 3.24. The molecule has 3 aromatic rings. The van der Waals surface area contributed by atoms with Crippen LogP contribution in [0.1, 0.15) is 5.01 Å². The van der Waals surface area contributed by atoms with Crippen LogP contribution < -0.4 is 9.80 Å². The summed E-state index contributed by atoms with van der Waals surface area (Å²) in [5, 5.41) is 10.3. The summed E-state index contributed by atoms with van der Waals surface area (Å²) >= 11 is 1.64. The Morgan fingerprint density at radius 3 is 2.52 bits per heavy atom. The second-order valence-electron chi connectivity index (χ2n) is 5.04. The van der Waals surface area contributed by atoms with Gasteiger partial charge in [0.15, 0.2) is 5.58 Å². The molecule has 0 unspecified atom stereocenters. The molecule has 1 aliphatic rings. The van der Waals surface area contributed by atoms with Crippen molar-refractivity contribution in [3.63, 3.8) is 0 Å². The smallest absolute Gasteiger partial charge is 0.298 e. The quantitative estimate of drug-likeness (QED) is 0.724. The van der Waals surface area contributed by atoms with E-state index in [0.29, 0.717) is 6.01 Å². The van der Waals surface area contributed by atoms with Crippen LogP contribution in [0.5, 0.6) is 0 Å². The lowest BCUT2D eigenvalue weighted by Crippen LogP contribution is -2.46. The van der Waals surface area contributed by atoms with Gasteiger partial charge in [0.05, 0.1) is 0 Å². The summed E-state index contributed by atoms with van der Waals surface area (Å²) in [7, 11) is 0. The predicted molar refractivity (Wildman–Crippen MR) is 83.1 cm³/mol. The lowest BCUT2D eigenvalue weighted by molar-refractivity contribution is 0.541. The molecule has 108 valence electrons. The molecule has 0 aliphatic carbocycles. The molecule has 0 atom stereocenters. The van der Waals surface area contributed by atoms with Crippen molar-refractivity contribution in [2.45, 2.75) is 6.92 Å². The molecule has 4 rings (SSSR count). The Morgan fingerprint density at radius 2 is 1.81 bits per heavy atom. The molecule has 0 radical (unpaired) electrons. The molecule has 6 nitrogen and oxygen atoms in total. The van der Waals surface area contributed by atoms with Crippen LogP contribution >= 0.6 is 11.3 Å². The third-order valence-corrected chi connectivity index (χ3v) is 4.52. The highest BCUT2D eigenvalue weighted by atomic mass is 32.1. The summed E-state index contributed by atoms with van der Waals surface area (Å²) in [4.78, 5) is 9.01. The van der Waals surface area contributed by atoms with E-state index < -0.39 is 0 Å². The van der Waals surface area contributed by atoms with Gasteiger partial charge in [-0.2, -0.15) is 4.98 Å². The maximum Gasteiger partial charge on any atom is 0.298 e. The molecular weight excluding hydrogens is 286 g/mol. The fourth-order valence-electron chi connectivity index (χ4n) is 2.50. The van der Waals surface area contributed by atoms with E-state index in [0.717, 1.165) is 47.4 Å². The topological polar surface area (TPSA) is 58.3 Å². The van der Waals surface area contributed by atoms with Crippen LogP contribution in [0.2, 0.25) is 0 Å². The largest absolute Gasteiger partial charge is 0.423 e. The minimum atomic E-state index is 0.712. The van der Waals surface area contributed by atoms with Gasteiger partial charge in [-0.3, -0.25) is 0 Å². The molecule has 2 aromatic heterocycles. The van der Waals surface area contributed by atoms with Gasteiger partial charge in [0.1, 0.15) is 10.5 Å². The molecule has 21 heavy (non-hydrogen) atoms. The first kappa shape index (κ1) is 12.6. The van der Waals surface area contributed by atoms with Crippen molar-refractivity contribution in [2.75, 3.05) is 36.0 Å². The van der Waals surface area contributed by atoms with Gasteiger partial charge in [-0.15, -0.1) is 10.2 Å². The van der Waals surface area contributed by atoms with Gasteiger partial charge in [-0.1, -0.05) is 23.5 Å². The van der Waals surface area contributed by atoms with E-state index in [9.17, 15) is 0 Å². The number of para-hydroxylation sites is 2. The number of anilines is 2. The first-order chi connectivity index (χ1) is 10.3. The summed E-state index contributed by atoms with van der Waals surface area (Å²) in [5.74, 6) is 0. The molecule has 0 spiro atoms. The highest BCUT2D eigenvalue weighted by Crippen LogP contribution is 2.25. The first-order valence-corrected chi connectivity index (χ1v) is 7.77. The molecule has 3 heterocycles. The number of aryl methyl sites for hydroxylation is 1. The Hall–Kier alpha value is -2.15. The Balaban J connectivity index is 1.49. The third kappa shape index (κ3) is 2.33. The monoisotopic (exact) mass is 301 g/mol. The summed E-state index contributed by atoms with van der Waals surface area (Å²) in [5.41, 5.74) is 1.75. The van der Waals surface area contributed by atoms with Crippen LogP contribution in [0.25, 0.3) is 11.1 Å². The molecule has 0 saturated carbocycles. The molecule has 7 heteroatoms. The van der Waals surface area contributed by atoms with Crippen LogP contribution in [-0.4, -0.2) is 41.4 Å². The molecule has 1 saturated heterocycles. The van der Waals surface area contributed by atoms with Gasteiger partial charge in [0.25, 0.3) is 6.01 Å². The normalized spacial score (nSPS) is 15.9. The second-order valence-corrected chi connectivity index (χ2v) is 6.20. The van der Waals surface area contributed by atoms with Crippen molar-refractivity contribution in [1.29, 1.82) is 0 Å². The molecule has 1 aliphatic heterocycles. The number of aromatic nitrogens is 3. The third-order valence-electron chi connectivity index (χ3n) is 3.62. The average Bonchev–Trinajstić information content (AvgIpc) is 3.13. The number of piperazine rings is 1. The zero-order valence-corrected chi connectivity index (χ0v) is 12.5. The predicted octanol–water partition coefficient (Wildman–Crippen LogP) is 2.31. The number of oxazole rings is 1. The van der Waals surface area contributed by atoms with Crippen molar-refractivity contribution in [2.24, 2.45) is 0 Å². The zero-order valence-electron chi connectivity index (χ0n) is 11.7. The van der Waals surface area contributed by atoms with Crippen LogP contribution in [0.15, 0.2) is 28.7 Å². The van der Waals surface area contributed by atoms with Crippen LogP contribution in [0.3, 0.4) is 0 Å². The first-order valence-electron chi connectivity index (χ1n) is 6.95. The van der Waals surface area contributed by atoms with Crippen molar-refractivity contribution in [3.05, 3.63) is 29.3 Å². The number of benzene rings is 1. The van der Waals surface area contributed by atoms with E-state index in [2.05, 4.69) is 25.0 Å². The highest BCUT2D eigenvalue weighted by Gasteiger charge is 2.22. The van der Waals surface area contributed by atoms with Crippen molar-refractivity contribution >= 4 is 33.6 Å². The van der Waals surface area contributed by atoms with Crippen LogP contribution in [0, 0.1) is 6.92 Å².